The van der Waals surface area contributed by atoms with Gasteiger partial charge < -0.3 is 15.5 Å². The lowest BCUT2D eigenvalue weighted by molar-refractivity contribution is -0.138. The number of rotatable bonds is 4. The summed E-state index contributed by atoms with van der Waals surface area (Å²) in [6.45, 7) is 8.11. The van der Waals surface area contributed by atoms with Crippen molar-refractivity contribution in [3.05, 3.63) is 16.1 Å². The highest BCUT2D eigenvalue weighted by molar-refractivity contribution is 7.09. The van der Waals surface area contributed by atoms with Gasteiger partial charge in [0.15, 0.2) is 0 Å². The van der Waals surface area contributed by atoms with Crippen molar-refractivity contribution in [2.45, 2.75) is 33.2 Å². The number of piperazine rings is 1. The van der Waals surface area contributed by atoms with Crippen molar-refractivity contribution in [1.29, 1.82) is 0 Å². The molecule has 7 heteroatoms. The molecule has 1 fully saturated rings. The minimum absolute atomic E-state index is 0.0678. The average Bonchev–Trinajstić information content (AvgIpc) is 2.94. The number of amides is 2. The molecule has 1 aliphatic rings. The third kappa shape index (κ3) is 4.04. The van der Waals surface area contributed by atoms with Crippen LogP contribution in [0.25, 0.3) is 0 Å². The fourth-order valence-corrected chi connectivity index (χ4v) is 3.37. The molecule has 0 spiro atoms. The molecule has 2 N–H and O–H groups in total. The number of hydrogen-bond donors (Lipinski definition) is 1. The monoisotopic (exact) mass is 324 g/mol. The van der Waals surface area contributed by atoms with Crippen molar-refractivity contribution in [2.24, 2.45) is 11.7 Å². The van der Waals surface area contributed by atoms with E-state index in [1.165, 1.54) is 11.3 Å². The number of nitrogens with two attached hydrogens (primary N) is 1. The molecule has 1 aromatic heterocycles. The Morgan fingerprint density at radius 3 is 2.41 bits per heavy atom. The molecule has 2 rings (SSSR count). The summed E-state index contributed by atoms with van der Waals surface area (Å²) < 4.78 is 0. The van der Waals surface area contributed by atoms with Crippen LogP contribution >= 0.6 is 11.3 Å². The second-order valence-electron chi connectivity index (χ2n) is 6.01. The fourth-order valence-electron chi connectivity index (χ4n) is 2.38. The van der Waals surface area contributed by atoms with E-state index < -0.39 is 0 Å². The summed E-state index contributed by atoms with van der Waals surface area (Å²) in [5.74, 6) is 0.464. The van der Waals surface area contributed by atoms with Crippen molar-refractivity contribution >= 4 is 23.2 Å². The highest BCUT2D eigenvalue weighted by Gasteiger charge is 2.23. The first-order chi connectivity index (χ1) is 10.4. The Balaban J connectivity index is 1.89. The summed E-state index contributed by atoms with van der Waals surface area (Å²) in [7, 11) is 0. The highest BCUT2D eigenvalue weighted by Crippen LogP contribution is 2.23. The molecule has 1 aromatic rings. The maximum absolute atomic E-state index is 12.3. The van der Waals surface area contributed by atoms with E-state index in [-0.39, 0.29) is 17.9 Å². The SMILES string of the molecule is CC(=O)N1CCN(C(=O)Cc2csc(C(N)C(C)C)n2)CC1. The van der Waals surface area contributed by atoms with Gasteiger partial charge in [-0.2, -0.15) is 0 Å². The molecular formula is C15H24N4O2S. The van der Waals surface area contributed by atoms with Crippen molar-refractivity contribution in [1.82, 2.24) is 14.8 Å². The number of carbonyl (C=O) groups is 2. The van der Waals surface area contributed by atoms with E-state index in [2.05, 4.69) is 18.8 Å². The number of aromatic nitrogens is 1. The van der Waals surface area contributed by atoms with Crippen LogP contribution in [0.3, 0.4) is 0 Å². The van der Waals surface area contributed by atoms with Gasteiger partial charge in [0.2, 0.25) is 11.8 Å². The van der Waals surface area contributed by atoms with Gasteiger partial charge >= 0.3 is 0 Å². The highest BCUT2D eigenvalue weighted by atomic mass is 32.1. The summed E-state index contributed by atoms with van der Waals surface area (Å²) in [4.78, 5) is 31.7. The molecule has 6 nitrogen and oxygen atoms in total. The van der Waals surface area contributed by atoms with Crippen LogP contribution in [0.15, 0.2) is 5.38 Å². The molecule has 2 heterocycles. The van der Waals surface area contributed by atoms with E-state index in [1.807, 2.05) is 5.38 Å². The largest absolute Gasteiger partial charge is 0.339 e. The molecule has 0 aliphatic carbocycles. The molecule has 0 bridgehead atoms. The van der Waals surface area contributed by atoms with Crippen LogP contribution in [-0.2, 0) is 16.0 Å². The zero-order valence-electron chi connectivity index (χ0n) is 13.4. The molecule has 1 unspecified atom stereocenters. The van der Waals surface area contributed by atoms with Gasteiger partial charge in [-0.15, -0.1) is 11.3 Å². The molecule has 1 atom stereocenters. The quantitative estimate of drug-likeness (QED) is 0.897. The van der Waals surface area contributed by atoms with Gasteiger partial charge in [0, 0.05) is 38.5 Å². The summed E-state index contributed by atoms with van der Waals surface area (Å²) in [6, 6.07) is -0.0760. The normalized spacial score (nSPS) is 17.0. The van der Waals surface area contributed by atoms with Gasteiger partial charge in [-0.3, -0.25) is 9.59 Å². The zero-order valence-corrected chi connectivity index (χ0v) is 14.2. The first kappa shape index (κ1) is 16.9. The van der Waals surface area contributed by atoms with Crippen molar-refractivity contribution in [3.63, 3.8) is 0 Å². The van der Waals surface area contributed by atoms with Crippen LogP contribution in [0.1, 0.15) is 37.5 Å². The first-order valence-corrected chi connectivity index (χ1v) is 8.49. The van der Waals surface area contributed by atoms with E-state index in [4.69, 9.17) is 5.73 Å². The zero-order chi connectivity index (χ0) is 16.3. The summed E-state index contributed by atoms with van der Waals surface area (Å²) in [5.41, 5.74) is 6.87. The van der Waals surface area contributed by atoms with E-state index in [0.29, 0.717) is 38.5 Å². The second-order valence-corrected chi connectivity index (χ2v) is 6.90. The molecule has 0 radical (unpaired) electrons. The van der Waals surface area contributed by atoms with Crippen molar-refractivity contribution < 1.29 is 9.59 Å². The maximum atomic E-state index is 12.3. The number of carbonyl (C=O) groups excluding carboxylic acids is 2. The Morgan fingerprint density at radius 1 is 1.27 bits per heavy atom. The summed E-state index contributed by atoms with van der Waals surface area (Å²) >= 11 is 1.52. The van der Waals surface area contributed by atoms with Gasteiger partial charge in [-0.25, -0.2) is 4.98 Å². The lowest BCUT2D eigenvalue weighted by Crippen LogP contribution is -2.50. The van der Waals surface area contributed by atoms with Crippen LogP contribution in [0.4, 0.5) is 0 Å². The summed E-state index contributed by atoms with van der Waals surface area (Å²) in [5, 5.41) is 2.81. The van der Waals surface area contributed by atoms with Crippen LogP contribution in [0.5, 0.6) is 0 Å². The lowest BCUT2D eigenvalue weighted by atomic mass is 10.1. The van der Waals surface area contributed by atoms with Crippen LogP contribution < -0.4 is 5.73 Å². The molecule has 1 aliphatic heterocycles. The predicted octanol–water partition coefficient (Wildman–Crippen LogP) is 1.03. The predicted molar refractivity (Wildman–Crippen MR) is 86.4 cm³/mol. The Morgan fingerprint density at radius 2 is 1.86 bits per heavy atom. The van der Waals surface area contributed by atoms with Gasteiger partial charge in [-0.05, 0) is 5.92 Å². The van der Waals surface area contributed by atoms with Crippen LogP contribution in [0, 0.1) is 5.92 Å². The topological polar surface area (TPSA) is 79.5 Å². The standard InChI is InChI=1S/C15H24N4O2S/c1-10(2)14(16)15-17-12(9-22-15)8-13(21)19-6-4-18(5-7-19)11(3)20/h9-10,14H,4-8,16H2,1-3H3. The molecule has 122 valence electrons. The minimum Gasteiger partial charge on any atom is -0.339 e. The van der Waals surface area contributed by atoms with E-state index >= 15 is 0 Å². The van der Waals surface area contributed by atoms with E-state index in [0.717, 1.165) is 10.7 Å². The Kier molecular flexibility index (Phi) is 5.52. The minimum atomic E-state index is -0.0760. The second kappa shape index (κ2) is 7.19. The van der Waals surface area contributed by atoms with Gasteiger partial charge in [-0.1, -0.05) is 13.8 Å². The van der Waals surface area contributed by atoms with Crippen LogP contribution in [-0.4, -0.2) is 52.8 Å². The lowest BCUT2D eigenvalue weighted by Gasteiger charge is -2.34. The smallest absolute Gasteiger partial charge is 0.228 e. The third-order valence-electron chi connectivity index (χ3n) is 3.98. The first-order valence-electron chi connectivity index (χ1n) is 7.61. The van der Waals surface area contributed by atoms with E-state index in [1.54, 1.807) is 16.7 Å². The number of nitrogens with zero attached hydrogens (tertiary/aromatic N) is 3. The van der Waals surface area contributed by atoms with Crippen molar-refractivity contribution in [2.75, 3.05) is 26.2 Å². The molecule has 1 saturated heterocycles. The molecule has 22 heavy (non-hydrogen) atoms. The van der Waals surface area contributed by atoms with Crippen LogP contribution in [0.2, 0.25) is 0 Å². The third-order valence-corrected chi connectivity index (χ3v) is 4.98. The Bertz CT molecular complexity index is 535. The molecule has 0 aromatic carbocycles. The van der Waals surface area contributed by atoms with Gasteiger partial charge in [0.05, 0.1) is 18.2 Å². The maximum Gasteiger partial charge on any atom is 0.228 e. The average molecular weight is 324 g/mol. The number of thiazole rings is 1. The number of hydrogen-bond acceptors (Lipinski definition) is 5. The van der Waals surface area contributed by atoms with Gasteiger partial charge in [0.1, 0.15) is 5.01 Å². The van der Waals surface area contributed by atoms with Gasteiger partial charge in [0.25, 0.3) is 0 Å². The Labute approximate surface area is 135 Å². The molecule has 2 amide bonds. The fraction of sp³-hybridized carbons (Fsp3) is 0.667. The van der Waals surface area contributed by atoms with E-state index in [9.17, 15) is 9.59 Å². The Hall–Kier alpha value is -1.47. The van der Waals surface area contributed by atoms with Crippen molar-refractivity contribution in [3.8, 4) is 0 Å². The summed E-state index contributed by atoms with van der Waals surface area (Å²) in [6.07, 6.45) is 0.307. The molecule has 0 saturated carbocycles. The molecular weight excluding hydrogens is 300 g/mol.